The predicted octanol–water partition coefficient (Wildman–Crippen LogP) is 1.30. The van der Waals surface area contributed by atoms with Gasteiger partial charge in [-0.2, -0.15) is 0 Å². The minimum atomic E-state index is -1.84. The number of hydrogen-bond acceptors (Lipinski definition) is 4. The number of hydrogen-bond donors (Lipinski definition) is 3. The van der Waals surface area contributed by atoms with E-state index in [-0.39, 0.29) is 0 Å². The van der Waals surface area contributed by atoms with E-state index in [1.54, 1.807) is 13.8 Å². The highest BCUT2D eigenvalue weighted by molar-refractivity contribution is 5.91. The van der Waals surface area contributed by atoms with Gasteiger partial charge in [-0.05, 0) is 30.5 Å². The van der Waals surface area contributed by atoms with Crippen molar-refractivity contribution in [3.05, 3.63) is 71.3 Å². The average molecular weight is 368 g/mol. The standard InChI is InChI=1S/C21H24N2O4/c1-21(2,16-10-4-3-5-11-16)22-19(26)17(24)18(25)20(27)23-12-14-8-6-7-9-15(14)13-23/h3-11,17-18,24-25H,12-13H2,1-2H3,(H,22,26). The first-order chi connectivity index (χ1) is 12.8. The fourth-order valence-electron chi connectivity index (χ4n) is 3.26. The molecule has 0 radical (unpaired) electrons. The van der Waals surface area contributed by atoms with Crippen LogP contribution in [0.1, 0.15) is 30.5 Å². The Labute approximate surface area is 158 Å². The van der Waals surface area contributed by atoms with Crippen LogP contribution in [-0.4, -0.2) is 39.1 Å². The predicted molar refractivity (Wildman–Crippen MR) is 100 cm³/mol. The Hall–Kier alpha value is -2.70. The topological polar surface area (TPSA) is 89.9 Å². The third-order valence-corrected chi connectivity index (χ3v) is 4.90. The summed E-state index contributed by atoms with van der Waals surface area (Å²) >= 11 is 0. The first-order valence-electron chi connectivity index (χ1n) is 8.89. The zero-order valence-electron chi connectivity index (χ0n) is 15.4. The van der Waals surface area contributed by atoms with E-state index in [2.05, 4.69) is 5.32 Å². The first-order valence-corrected chi connectivity index (χ1v) is 8.89. The summed E-state index contributed by atoms with van der Waals surface area (Å²) in [7, 11) is 0. The van der Waals surface area contributed by atoms with E-state index >= 15 is 0 Å². The normalized spacial score (nSPS) is 15.8. The second kappa shape index (κ2) is 7.50. The van der Waals surface area contributed by atoms with Crippen LogP contribution < -0.4 is 5.32 Å². The molecule has 2 unspecified atom stereocenters. The summed E-state index contributed by atoms with van der Waals surface area (Å²) in [4.78, 5) is 26.4. The molecule has 0 fully saturated rings. The summed E-state index contributed by atoms with van der Waals surface area (Å²) in [6, 6.07) is 16.9. The summed E-state index contributed by atoms with van der Waals surface area (Å²) in [6.45, 7) is 4.29. The number of aliphatic hydroxyl groups is 2. The van der Waals surface area contributed by atoms with Crippen molar-refractivity contribution in [2.75, 3.05) is 0 Å². The molecule has 2 atom stereocenters. The molecule has 6 heteroatoms. The highest BCUT2D eigenvalue weighted by Gasteiger charge is 2.37. The fourth-order valence-corrected chi connectivity index (χ4v) is 3.26. The van der Waals surface area contributed by atoms with Crippen molar-refractivity contribution < 1.29 is 19.8 Å². The van der Waals surface area contributed by atoms with Gasteiger partial charge in [0.05, 0.1) is 5.54 Å². The number of carbonyl (C=O) groups excluding carboxylic acids is 2. The fraction of sp³-hybridized carbons (Fsp3) is 0.333. The molecule has 0 saturated heterocycles. The van der Waals surface area contributed by atoms with Crippen molar-refractivity contribution in [3.8, 4) is 0 Å². The molecule has 0 bridgehead atoms. The van der Waals surface area contributed by atoms with Gasteiger partial charge in [-0.3, -0.25) is 9.59 Å². The van der Waals surface area contributed by atoms with Gasteiger partial charge in [-0.25, -0.2) is 0 Å². The third kappa shape index (κ3) is 4.02. The lowest BCUT2D eigenvalue weighted by Crippen LogP contribution is -2.53. The molecule has 6 nitrogen and oxygen atoms in total. The molecule has 3 N–H and O–H groups in total. The minimum absolute atomic E-state index is 0.357. The van der Waals surface area contributed by atoms with E-state index < -0.39 is 29.6 Å². The van der Waals surface area contributed by atoms with Crippen LogP contribution in [0, 0.1) is 0 Å². The van der Waals surface area contributed by atoms with Crippen molar-refractivity contribution in [2.45, 2.75) is 44.7 Å². The van der Waals surface area contributed by atoms with E-state index in [1.807, 2.05) is 54.6 Å². The smallest absolute Gasteiger partial charge is 0.255 e. The maximum absolute atomic E-state index is 12.5. The van der Waals surface area contributed by atoms with Crippen molar-refractivity contribution in [2.24, 2.45) is 0 Å². The summed E-state index contributed by atoms with van der Waals surface area (Å²) in [6.07, 6.45) is -3.66. The highest BCUT2D eigenvalue weighted by atomic mass is 16.3. The molecule has 0 spiro atoms. The Morgan fingerprint density at radius 3 is 2.00 bits per heavy atom. The molecule has 1 aliphatic heterocycles. The van der Waals surface area contributed by atoms with Crippen molar-refractivity contribution in [1.29, 1.82) is 0 Å². The Balaban J connectivity index is 1.64. The summed E-state index contributed by atoms with van der Waals surface area (Å²) < 4.78 is 0. The molecular weight excluding hydrogens is 344 g/mol. The van der Waals surface area contributed by atoms with Crippen LogP contribution in [0.2, 0.25) is 0 Å². The van der Waals surface area contributed by atoms with E-state index in [0.717, 1.165) is 16.7 Å². The lowest BCUT2D eigenvalue weighted by molar-refractivity contribution is -0.154. The van der Waals surface area contributed by atoms with Gasteiger partial charge in [0.1, 0.15) is 0 Å². The summed E-state index contributed by atoms with van der Waals surface area (Å²) in [5.74, 6) is -1.45. The van der Waals surface area contributed by atoms with E-state index in [4.69, 9.17) is 0 Å². The molecule has 0 saturated carbocycles. The van der Waals surface area contributed by atoms with Crippen LogP contribution in [0.25, 0.3) is 0 Å². The van der Waals surface area contributed by atoms with E-state index in [1.165, 1.54) is 4.90 Å². The van der Waals surface area contributed by atoms with Gasteiger partial charge in [0.2, 0.25) is 0 Å². The number of fused-ring (bicyclic) bond motifs is 1. The van der Waals surface area contributed by atoms with Gasteiger partial charge in [0.25, 0.3) is 11.8 Å². The quantitative estimate of drug-likeness (QED) is 0.742. The Bertz CT molecular complexity index is 810. The van der Waals surface area contributed by atoms with E-state index in [0.29, 0.717) is 13.1 Å². The monoisotopic (exact) mass is 368 g/mol. The van der Waals surface area contributed by atoms with Gasteiger partial charge in [0, 0.05) is 13.1 Å². The van der Waals surface area contributed by atoms with Crippen LogP contribution in [0.5, 0.6) is 0 Å². The molecule has 2 amide bonds. The Morgan fingerprint density at radius 2 is 1.44 bits per heavy atom. The van der Waals surface area contributed by atoms with Crippen LogP contribution in [0.3, 0.4) is 0 Å². The van der Waals surface area contributed by atoms with Crippen molar-refractivity contribution in [1.82, 2.24) is 10.2 Å². The second-order valence-corrected chi connectivity index (χ2v) is 7.33. The number of nitrogens with one attached hydrogen (secondary N) is 1. The van der Waals surface area contributed by atoms with Gasteiger partial charge in [-0.1, -0.05) is 54.6 Å². The number of carbonyl (C=O) groups is 2. The molecule has 27 heavy (non-hydrogen) atoms. The highest BCUT2D eigenvalue weighted by Crippen LogP contribution is 2.24. The SMILES string of the molecule is CC(C)(NC(=O)C(O)C(O)C(=O)N1Cc2ccccc2C1)c1ccccc1. The molecule has 1 heterocycles. The number of rotatable bonds is 5. The maximum atomic E-state index is 12.5. The lowest BCUT2D eigenvalue weighted by atomic mass is 9.94. The molecule has 0 aromatic heterocycles. The summed E-state index contributed by atoms with van der Waals surface area (Å²) in [5, 5.41) is 23.2. The molecule has 3 rings (SSSR count). The maximum Gasteiger partial charge on any atom is 0.255 e. The minimum Gasteiger partial charge on any atom is -0.380 e. The average Bonchev–Trinajstić information content (AvgIpc) is 3.10. The first kappa shape index (κ1) is 19.1. The lowest BCUT2D eigenvalue weighted by Gasteiger charge is -2.29. The molecule has 1 aliphatic rings. The summed E-state index contributed by atoms with van der Waals surface area (Å²) in [5.41, 5.74) is 2.09. The number of aliphatic hydroxyl groups excluding tert-OH is 2. The van der Waals surface area contributed by atoms with Gasteiger partial charge in [-0.15, -0.1) is 0 Å². The molecule has 0 aliphatic carbocycles. The largest absolute Gasteiger partial charge is 0.380 e. The second-order valence-electron chi connectivity index (χ2n) is 7.33. The Morgan fingerprint density at radius 1 is 0.926 bits per heavy atom. The van der Waals surface area contributed by atoms with Gasteiger partial charge < -0.3 is 20.4 Å². The van der Waals surface area contributed by atoms with Crippen molar-refractivity contribution in [3.63, 3.8) is 0 Å². The van der Waals surface area contributed by atoms with E-state index in [9.17, 15) is 19.8 Å². The van der Waals surface area contributed by atoms with Crippen molar-refractivity contribution >= 4 is 11.8 Å². The van der Waals surface area contributed by atoms with Gasteiger partial charge in [0.15, 0.2) is 12.2 Å². The van der Waals surface area contributed by atoms with Crippen LogP contribution in [0.4, 0.5) is 0 Å². The molecule has 142 valence electrons. The molecule has 2 aromatic carbocycles. The molecule has 2 aromatic rings. The number of nitrogens with zero attached hydrogens (tertiary/aromatic N) is 1. The molecular formula is C21H24N2O4. The third-order valence-electron chi connectivity index (χ3n) is 4.90. The zero-order valence-corrected chi connectivity index (χ0v) is 15.4. The van der Waals surface area contributed by atoms with Crippen LogP contribution in [0.15, 0.2) is 54.6 Å². The number of benzene rings is 2. The Kier molecular flexibility index (Phi) is 5.30. The zero-order chi connectivity index (χ0) is 19.6. The number of amides is 2. The van der Waals surface area contributed by atoms with Crippen LogP contribution >= 0.6 is 0 Å². The van der Waals surface area contributed by atoms with Crippen LogP contribution in [-0.2, 0) is 28.2 Å². The van der Waals surface area contributed by atoms with Gasteiger partial charge >= 0.3 is 0 Å².